The number of rotatable bonds is 6. The van der Waals surface area contributed by atoms with Gasteiger partial charge in [0.25, 0.3) is 0 Å². The van der Waals surface area contributed by atoms with Gasteiger partial charge in [0.05, 0.1) is 16.1 Å². The summed E-state index contributed by atoms with van der Waals surface area (Å²) in [4.78, 5) is 5.40. The monoisotopic (exact) mass is 702 g/mol. The smallest absolute Gasteiger partial charge is 0.134 e. The molecule has 53 heavy (non-hydrogen) atoms. The van der Waals surface area contributed by atoms with Crippen molar-refractivity contribution in [3.8, 4) is 0 Å². The molecule has 0 spiro atoms. The van der Waals surface area contributed by atoms with E-state index < -0.39 is 0 Å². The van der Waals surface area contributed by atoms with Gasteiger partial charge in [0.2, 0.25) is 0 Å². The first-order valence-corrected chi connectivity index (χ1v) is 19.1. The highest BCUT2D eigenvalue weighted by Crippen LogP contribution is 2.36. The van der Waals surface area contributed by atoms with Crippen molar-refractivity contribution in [2.75, 3.05) is 0 Å². The lowest BCUT2D eigenvalue weighted by atomic mass is 9.84. The van der Waals surface area contributed by atoms with E-state index in [2.05, 4.69) is 157 Å². The third kappa shape index (κ3) is 6.38. The fourth-order valence-corrected chi connectivity index (χ4v) is 8.78. The van der Waals surface area contributed by atoms with E-state index in [1.54, 1.807) is 0 Å². The Morgan fingerprint density at radius 3 is 2.30 bits per heavy atom. The largest absolute Gasteiger partial charge is 0.340 e. The van der Waals surface area contributed by atoms with Crippen LogP contribution >= 0.6 is 11.8 Å². The van der Waals surface area contributed by atoms with Crippen molar-refractivity contribution >= 4 is 66.6 Å². The molecular formula is C48H38N4S. The maximum absolute atomic E-state index is 9.37. The Kier molecular flexibility index (Phi) is 8.78. The summed E-state index contributed by atoms with van der Waals surface area (Å²) >= 11 is 1.30. The van der Waals surface area contributed by atoms with Crippen LogP contribution in [0.15, 0.2) is 168 Å². The lowest BCUT2D eigenvalue weighted by molar-refractivity contribution is 0.889. The van der Waals surface area contributed by atoms with E-state index in [0.29, 0.717) is 10.1 Å². The molecule has 2 unspecified atom stereocenters. The van der Waals surface area contributed by atoms with Crippen LogP contribution in [-0.2, 0) is 0 Å². The first kappa shape index (κ1) is 32.8. The maximum Gasteiger partial charge on any atom is 0.134 e. The maximum atomic E-state index is 9.37. The second-order valence-electron chi connectivity index (χ2n) is 13.8. The lowest BCUT2D eigenvalue weighted by Crippen LogP contribution is -2.35. The Bertz CT molecular complexity index is 2700. The summed E-state index contributed by atoms with van der Waals surface area (Å²) in [5, 5.41) is 30.1. The Balaban J connectivity index is 1.15. The predicted octanol–water partition coefficient (Wildman–Crippen LogP) is 10.1. The molecule has 4 nitrogen and oxygen atoms in total. The second kappa shape index (κ2) is 14.2. The number of nitrogens with zero attached hydrogens (tertiary/aromatic N) is 1. The van der Waals surface area contributed by atoms with Crippen LogP contribution in [0.25, 0.3) is 38.9 Å². The van der Waals surface area contributed by atoms with Crippen molar-refractivity contribution in [2.45, 2.75) is 25.3 Å². The highest BCUT2D eigenvalue weighted by Gasteiger charge is 2.27. The molecule has 2 atom stereocenters. The van der Waals surface area contributed by atoms with Crippen molar-refractivity contribution in [2.24, 2.45) is 10.9 Å². The minimum atomic E-state index is -0.208. The zero-order valence-corrected chi connectivity index (χ0v) is 30.0. The van der Waals surface area contributed by atoms with Gasteiger partial charge in [-0.3, -0.25) is 15.8 Å². The summed E-state index contributed by atoms with van der Waals surface area (Å²) in [6.07, 6.45) is 13.2. The summed E-state index contributed by atoms with van der Waals surface area (Å²) in [6.45, 7) is 0. The molecule has 2 aliphatic carbocycles. The van der Waals surface area contributed by atoms with Crippen LogP contribution in [0.3, 0.4) is 0 Å². The molecule has 256 valence electrons. The summed E-state index contributed by atoms with van der Waals surface area (Å²) in [5.41, 5.74) is 7.52. The molecule has 9 rings (SSSR count). The van der Waals surface area contributed by atoms with Gasteiger partial charge in [-0.15, -0.1) is 0 Å². The molecule has 5 heteroatoms. The van der Waals surface area contributed by atoms with Crippen LogP contribution in [0.4, 0.5) is 0 Å². The van der Waals surface area contributed by atoms with Gasteiger partial charge in [0, 0.05) is 17.2 Å². The number of hydrogen-bond donors (Lipinski definition) is 3. The molecule has 3 N–H and O–H groups in total. The van der Waals surface area contributed by atoms with Crippen LogP contribution in [0.2, 0.25) is 0 Å². The van der Waals surface area contributed by atoms with Crippen LogP contribution in [0, 0.1) is 16.7 Å². The fourth-order valence-electron chi connectivity index (χ4n) is 7.90. The van der Waals surface area contributed by atoms with Gasteiger partial charge in [-0.2, -0.15) is 0 Å². The summed E-state index contributed by atoms with van der Waals surface area (Å²) in [7, 11) is 0. The van der Waals surface area contributed by atoms with Gasteiger partial charge in [-0.05, 0) is 91.2 Å². The van der Waals surface area contributed by atoms with Gasteiger partial charge in [0.1, 0.15) is 5.84 Å². The van der Waals surface area contributed by atoms with Crippen molar-refractivity contribution in [1.82, 2.24) is 5.32 Å². The first-order chi connectivity index (χ1) is 26.1. The van der Waals surface area contributed by atoms with E-state index in [1.807, 2.05) is 12.2 Å². The highest BCUT2D eigenvalue weighted by atomic mass is 32.2. The Hall–Kier alpha value is -6.04. The minimum absolute atomic E-state index is 0.158. The van der Waals surface area contributed by atoms with Gasteiger partial charge in [-0.25, -0.2) is 0 Å². The summed E-state index contributed by atoms with van der Waals surface area (Å²) < 4.78 is 0. The zero-order valence-electron chi connectivity index (χ0n) is 29.2. The molecule has 6 aromatic rings. The highest BCUT2D eigenvalue weighted by molar-refractivity contribution is 8.26. The number of aliphatic imine (C=N–C) groups is 1. The Morgan fingerprint density at radius 2 is 1.45 bits per heavy atom. The van der Waals surface area contributed by atoms with Gasteiger partial charge in [0.15, 0.2) is 0 Å². The average Bonchev–Trinajstić information content (AvgIpc) is 3.23. The normalized spacial score (nSPS) is 18.0. The van der Waals surface area contributed by atoms with Crippen molar-refractivity contribution in [1.29, 1.82) is 10.8 Å². The van der Waals surface area contributed by atoms with Crippen LogP contribution in [0.1, 0.15) is 47.6 Å². The van der Waals surface area contributed by atoms with Gasteiger partial charge < -0.3 is 5.32 Å². The van der Waals surface area contributed by atoms with E-state index >= 15 is 0 Å². The third-order valence-corrected chi connectivity index (χ3v) is 11.5. The van der Waals surface area contributed by atoms with E-state index in [0.717, 1.165) is 69.2 Å². The van der Waals surface area contributed by atoms with E-state index in [1.165, 1.54) is 38.7 Å². The number of hydrogen-bond acceptors (Lipinski definition) is 5. The minimum Gasteiger partial charge on any atom is -0.340 e. The molecule has 0 saturated carbocycles. The Labute approximate surface area is 313 Å². The molecule has 0 bridgehead atoms. The standard InChI is InChI=1S/C48H38N4S/c49-46(34-16-2-1-3-17-34)53-47(50)42-28-27-33-15-6-9-24-39(33)45(42)36-21-10-20-35(29-36)43-30-44(40-25-11-18-31-13-4-7-22-37(31)40)52-48(51-43)41-26-12-19-32-14-5-8-23-38(32)41/h1-2,4-16,18-27,29-30,42,44,49-50H,3,17,28H2,(H,51,52). The predicted molar refractivity (Wildman–Crippen MR) is 225 cm³/mol. The summed E-state index contributed by atoms with van der Waals surface area (Å²) in [5.74, 6) is 0.684. The second-order valence-corrected chi connectivity index (χ2v) is 14.8. The van der Waals surface area contributed by atoms with Crippen LogP contribution in [0.5, 0.6) is 0 Å². The molecule has 0 fully saturated rings. The fraction of sp³-hybridized carbons (Fsp3) is 0.104. The molecule has 0 aromatic heterocycles. The third-order valence-electron chi connectivity index (χ3n) is 10.5. The first-order valence-electron chi connectivity index (χ1n) is 18.2. The molecule has 1 heterocycles. The number of nitrogens with one attached hydrogen (secondary N) is 3. The zero-order chi connectivity index (χ0) is 35.7. The van der Waals surface area contributed by atoms with Crippen LogP contribution in [-0.4, -0.2) is 15.9 Å². The lowest BCUT2D eigenvalue weighted by Gasteiger charge is -2.26. The topological polar surface area (TPSA) is 72.1 Å². The quantitative estimate of drug-likeness (QED) is 0.119. The number of fused-ring (bicyclic) bond motifs is 3. The van der Waals surface area contributed by atoms with Gasteiger partial charge in [-0.1, -0.05) is 163 Å². The summed E-state index contributed by atoms with van der Waals surface area (Å²) in [6, 6.07) is 47.0. The average molecular weight is 703 g/mol. The van der Waals surface area contributed by atoms with Crippen molar-refractivity contribution in [3.63, 3.8) is 0 Å². The van der Waals surface area contributed by atoms with E-state index in [-0.39, 0.29) is 12.0 Å². The van der Waals surface area contributed by atoms with E-state index in [9.17, 15) is 5.41 Å². The molecule has 0 radical (unpaired) electrons. The molecule has 6 aromatic carbocycles. The number of amidine groups is 1. The van der Waals surface area contributed by atoms with Gasteiger partial charge >= 0.3 is 0 Å². The Morgan fingerprint density at radius 1 is 0.736 bits per heavy atom. The van der Waals surface area contributed by atoms with Crippen LogP contribution < -0.4 is 15.8 Å². The van der Waals surface area contributed by atoms with E-state index in [4.69, 9.17) is 10.4 Å². The molecule has 3 aliphatic rings. The SMILES string of the molecule is N=C(SC(=N)C1CC=c2ccccc2=C1c1cccc(C2=CC(c3cccc4ccccc34)N=C(c3cccc4ccccc34)N2)c1)C1=CC=CCC1. The number of allylic oxidation sites excluding steroid dienone is 3. The molecule has 0 saturated heterocycles. The molecular weight excluding hydrogens is 665 g/mol. The number of benzene rings is 6. The van der Waals surface area contributed by atoms with Crippen molar-refractivity contribution < 1.29 is 0 Å². The van der Waals surface area contributed by atoms with Crippen molar-refractivity contribution in [3.05, 3.63) is 196 Å². The molecule has 1 aliphatic heterocycles. The molecule has 0 amide bonds. The number of thioether (sulfide) groups is 1.